The lowest BCUT2D eigenvalue weighted by Gasteiger charge is -2.10. The number of tetrazole rings is 1. The summed E-state index contributed by atoms with van der Waals surface area (Å²) < 4.78 is 7.39. The maximum atomic E-state index is 12.5. The van der Waals surface area contributed by atoms with E-state index in [4.69, 9.17) is 4.74 Å². The molecule has 1 amide bonds. The van der Waals surface area contributed by atoms with Gasteiger partial charge in [-0.05, 0) is 72.7 Å². The molecule has 0 bridgehead atoms. The van der Waals surface area contributed by atoms with Crippen LogP contribution < -0.4 is 10.1 Å². The standard InChI is InChI=1S/C19H21N5O2/c1-4-24-18(21-22-23-24)12-26-17-7-5-6-15(11-17)19(25)20-16-9-13(2)8-14(3)10-16/h5-11H,4,12H2,1-3H3,(H,20,25). The summed E-state index contributed by atoms with van der Waals surface area (Å²) in [7, 11) is 0. The van der Waals surface area contributed by atoms with Crippen molar-refractivity contribution in [2.75, 3.05) is 5.32 Å². The highest BCUT2D eigenvalue weighted by Crippen LogP contribution is 2.18. The molecule has 134 valence electrons. The number of nitrogens with one attached hydrogen (secondary N) is 1. The summed E-state index contributed by atoms with van der Waals surface area (Å²) >= 11 is 0. The highest BCUT2D eigenvalue weighted by atomic mass is 16.5. The van der Waals surface area contributed by atoms with Gasteiger partial charge in [-0.25, -0.2) is 4.68 Å². The second-order valence-electron chi connectivity index (χ2n) is 6.06. The van der Waals surface area contributed by atoms with Crippen LogP contribution in [-0.2, 0) is 13.2 Å². The fourth-order valence-corrected chi connectivity index (χ4v) is 2.70. The van der Waals surface area contributed by atoms with Crippen LogP contribution >= 0.6 is 0 Å². The van der Waals surface area contributed by atoms with Gasteiger partial charge in [0.05, 0.1) is 0 Å². The van der Waals surface area contributed by atoms with Crippen molar-refractivity contribution in [3.05, 3.63) is 65.0 Å². The Labute approximate surface area is 152 Å². The van der Waals surface area contributed by atoms with Crippen LogP contribution in [0.5, 0.6) is 5.75 Å². The molecule has 7 nitrogen and oxygen atoms in total. The zero-order chi connectivity index (χ0) is 18.5. The smallest absolute Gasteiger partial charge is 0.255 e. The van der Waals surface area contributed by atoms with Gasteiger partial charge in [0.25, 0.3) is 5.91 Å². The largest absolute Gasteiger partial charge is 0.486 e. The third-order valence-corrected chi connectivity index (χ3v) is 3.85. The number of benzene rings is 2. The van der Waals surface area contributed by atoms with Crippen LogP contribution in [0.2, 0.25) is 0 Å². The first-order chi connectivity index (χ1) is 12.5. The molecule has 0 saturated heterocycles. The summed E-state index contributed by atoms with van der Waals surface area (Å²) in [4.78, 5) is 12.5. The van der Waals surface area contributed by atoms with Crippen molar-refractivity contribution in [2.24, 2.45) is 0 Å². The van der Waals surface area contributed by atoms with Crippen LogP contribution in [0.1, 0.15) is 34.2 Å². The number of hydrogen-bond donors (Lipinski definition) is 1. The molecule has 0 fully saturated rings. The number of aromatic nitrogens is 4. The zero-order valence-electron chi connectivity index (χ0n) is 15.1. The molecule has 0 saturated carbocycles. The number of rotatable bonds is 6. The normalized spacial score (nSPS) is 10.6. The summed E-state index contributed by atoms with van der Waals surface area (Å²) in [6, 6.07) is 13.0. The lowest BCUT2D eigenvalue weighted by Crippen LogP contribution is -2.12. The zero-order valence-corrected chi connectivity index (χ0v) is 15.1. The summed E-state index contributed by atoms with van der Waals surface area (Å²) in [6.07, 6.45) is 0. The lowest BCUT2D eigenvalue weighted by atomic mass is 10.1. The maximum Gasteiger partial charge on any atom is 0.255 e. The SMILES string of the molecule is CCn1nnnc1COc1cccc(C(=O)Nc2cc(C)cc(C)c2)c1. The van der Waals surface area contributed by atoms with E-state index in [0.717, 1.165) is 16.8 Å². The molecule has 7 heteroatoms. The summed E-state index contributed by atoms with van der Waals surface area (Å²) in [5.74, 6) is 1.04. The Kier molecular flexibility index (Phi) is 5.26. The van der Waals surface area contributed by atoms with Crippen molar-refractivity contribution in [3.8, 4) is 5.75 Å². The molecule has 0 aliphatic heterocycles. The van der Waals surface area contributed by atoms with Gasteiger partial charge >= 0.3 is 0 Å². The highest BCUT2D eigenvalue weighted by molar-refractivity contribution is 6.04. The number of ether oxygens (including phenoxy) is 1. The molecule has 1 N–H and O–H groups in total. The average molecular weight is 351 g/mol. The van der Waals surface area contributed by atoms with E-state index >= 15 is 0 Å². The minimum absolute atomic E-state index is 0.182. The second kappa shape index (κ2) is 7.77. The Hall–Kier alpha value is -3.22. The summed E-state index contributed by atoms with van der Waals surface area (Å²) in [5.41, 5.74) is 3.51. The van der Waals surface area contributed by atoms with Crippen LogP contribution in [0, 0.1) is 13.8 Å². The molecule has 0 aliphatic carbocycles. The second-order valence-corrected chi connectivity index (χ2v) is 6.06. The van der Waals surface area contributed by atoms with Gasteiger partial charge < -0.3 is 10.1 Å². The van der Waals surface area contributed by atoms with E-state index in [-0.39, 0.29) is 12.5 Å². The fraction of sp³-hybridized carbons (Fsp3) is 0.263. The van der Waals surface area contributed by atoms with Gasteiger partial charge in [0, 0.05) is 17.8 Å². The summed E-state index contributed by atoms with van der Waals surface area (Å²) in [6.45, 7) is 6.87. The third kappa shape index (κ3) is 4.24. The quantitative estimate of drug-likeness (QED) is 0.738. The topological polar surface area (TPSA) is 81.9 Å². The Morgan fingerprint density at radius 2 is 1.92 bits per heavy atom. The molecule has 1 aromatic heterocycles. The van der Waals surface area contributed by atoms with E-state index < -0.39 is 0 Å². The van der Waals surface area contributed by atoms with E-state index in [1.807, 2.05) is 32.9 Å². The number of aryl methyl sites for hydroxylation is 3. The van der Waals surface area contributed by atoms with Crippen LogP contribution in [0.25, 0.3) is 0 Å². The summed E-state index contributed by atoms with van der Waals surface area (Å²) in [5, 5.41) is 14.3. The minimum Gasteiger partial charge on any atom is -0.486 e. The Morgan fingerprint density at radius 1 is 1.15 bits per heavy atom. The number of carbonyl (C=O) groups excluding carboxylic acids is 1. The van der Waals surface area contributed by atoms with E-state index in [2.05, 4.69) is 26.9 Å². The fourth-order valence-electron chi connectivity index (χ4n) is 2.70. The highest BCUT2D eigenvalue weighted by Gasteiger charge is 2.10. The number of hydrogen-bond acceptors (Lipinski definition) is 5. The Balaban J connectivity index is 1.69. The predicted octanol–water partition coefficient (Wildman–Crippen LogP) is 3.14. The van der Waals surface area contributed by atoms with Gasteiger partial charge in [-0.1, -0.05) is 12.1 Å². The molecule has 0 radical (unpaired) electrons. The molecule has 3 aromatic rings. The molecule has 0 unspecified atom stereocenters. The number of amides is 1. The van der Waals surface area contributed by atoms with E-state index in [0.29, 0.717) is 23.7 Å². The Morgan fingerprint density at radius 3 is 2.65 bits per heavy atom. The van der Waals surface area contributed by atoms with Crippen LogP contribution in [0.4, 0.5) is 5.69 Å². The number of anilines is 1. The van der Waals surface area contributed by atoms with Gasteiger partial charge in [-0.3, -0.25) is 4.79 Å². The molecule has 3 rings (SSSR count). The molecular formula is C19H21N5O2. The molecule has 0 aliphatic rings. The maximum absolute atomic E-state index is 12.5. The van der Waals surface area contributed by atoms with Crippen molar-refractivity contribution < 1.29 is 9.53 Å². The molecule has 0 spiro atoms. The van der Waals surface area contributed by atoms with Gasteiger partial charge in [0.1, 0.15) is 12.4 Å². The van der Waals surface area contributed by atoms with E-state index in [9.17, 15) is 4.79 Å². The number of nitrogens with zero attached hydrogens (tertiary/aromatic N) is 4. The van der Waals surface area contributed by atoms with E-state index in [1.165, 1.54) is 0 Å². The molecule has 1 heterocycles. The van der Waals surface area contributed by atoms with Crippen LogP contribution in [0.3, 0.4) is 0 Å². The predicted molar refractivity (Wildman–Crippen MR) is 98.1 cm³/mol. The third-order valence-electron chi connectivity index (χ3n) is 3.85. The average Bonchev–Trinajstić information content (AvgIpc) is 3.07. The lowest BCUT2D eigenvalue weighted by molar-refractivity contribution is 0.102. The van der Waals surface area contributed by atoms with Gasteiger partial charge in [-0.2, -0.15) is 0 Å². The Bertz CT molecular complexity index is 900. The van der Waals surface area contributed by atoms with Crippen LogP contribution in [-0.4, -0.2) is 26.1 Å². The molecular weight excluding hydrogens is 330 g/mol. The van der Waals surface area contributed by atoms with E-state index in [1.54, 1.807) is 28.9 Å². The van der Waals surface area contributed by atoms with Gasteiger partial charge in [0.15, 0.2) is 5.82 Å². The molecule has 26 heavy (non-hydrogen) atoms. The monoisotopic (exact) mass is 351 g/mol. The van der Waals surface area contributed by atoms with Gasteiger partial charge in [-0.15, -0.1) is 5.10 Å². The first-order valence-corrected chi connectivity index (χ1v) is 8.42. The van der Waals surface area contributed by atoms with Crippen molar-refractivity contribution in [1.29, 1.82) is 0 Å². The first kappa shape index (κ1) is 17.6. The van der Waals surface area contributed by atoms with Crippen molar-refractivity contribution >= 4 is 11.6 Å². The molecule has 0 atom stereocenters. The van der Waals surface area contributed by atoms with Crippen molar-refractivity contribution in [1.82, 2.24) is 20.2 Å². The minimum atomic E-state index is -0.182. The molecule has 2 aromatic carbocycles. The first-order valence-electron chi connectivity index (χ1n) is 8.42. The van der Waals surface area contributed by atoms with Gasteiger partial charge in [0.2, 0.25) is 0 Å². The van der Waals surface area contributed by atoms with Crippen LogP contribution in [0.15, 0.2) is 42.5 Å². The van der Waals surface area contributed by atoms with Crippen molar-refractivity contribution in [2.45, 2.75) is 33.9 Å². The van der Waals surface area contributed by atoms with Crippen molar-refractivity contribution in [3.63, 3.8) is 0 Å². The number of carbonyl (C=O) groups is 1.